The first-order valence-corrected chi connectivity index (χ1v) is 9.85. The van der Waals surface area contributed by atoms with Gasteiger partial charge in [0.25, 0.3) is 0 Å². The molecule has 2 aromatic rings. The predicted molar refractivity (Wildman–Crippen MR) is 110 cm³/mol. The lowest BCUT2D eigenvalue weighted by Gasteiger charge is -2.36. The highest BCUT2D eigenvalue weighted by Crippen LogP contribution is 2.23. The van der Waals surface area contributed by atoms with Crippen molar-refractivity contribution in [3.05, 3.63) is 59.2 Å². The van der Waals surface area contributed by atoms with Crippen molar-refractivity contribution in [3.8, 4) is 0 Å². The van der Waals surface area contributed by atoms with E-state index in [1.54, 1.807) is 6.20 Å². The summed E-state index contributed by atoms with van der Waals surface area (Å²) in [4.78, 5) is 21.2. The van der Waals surface area contributed by atoms with Crippen LogP contribution in [0.3, 0.4) is 0 Å². The number of amides is 1. The van der Waals surface area contributed by atoms with Crippen molar-refractivity contribution in [1.29, 1.82) is 0 Å². The van der Waals surface area contributed by atoms with Crippen LogP contribution in [-0.2, 0) is 4.79 Å². The summed E-state index contributed by atoms with van der Waals surface area (Å²) < 4.78 is 0. The zero-order valence-electron chi connectivity index (χ0n) is 15.9. The van der Waals surface area contributed by atoms with Gasteiger partial charge < -0.3 is 15.1 Å². The van der Waals surface area contributed by atoms with Crippen molar-refractivity contribution in [2.24, 2.45) is 5.92 Å². The number of hydrogen-bond acceptors (Lipinski definition) is 4. The minimum Gasteiger partial charge on any atom is -0.353 e. The van der Waals surface area contributed by atoms with E-state index in [-0.39, 0.29) is 11.9 Å². The van der Waals surface area contributed by atoms with E-state index in [2.05, 4.69) is 29.0 Å². The van der Waals surface area contributed by atoms with E-state index < -0.39 is 0 Å². The number of anilines is 1. The number of aromatic nitrogens is 1. The van der Waals surface area contributed by atoms with E-state index in [1.807, 2.05) is 47.4 Å². The van der Waals surface area contributed by atoms with Gasteiger partial charge in [-0.2, -0.15) is 0 Å². The second kappa shape index (κ2) is 9.20. The van der Waals surface area contributed by atoms with Crippen LogP contribution in [0.15, 0.2) is 48.7 Å². The van der Waals surface area contributed by atoms with E-state index >= 15 is 0 Å². The van der Waals surface area contributed by atoms with Crippen LogP contribution in [0.2, 0.25) is 5.02 Å². The van der Waals surface area contributed by atoms with Gasteiger partial charge in [0.15, 0.2) is 0 Å². The van der Waals surface area contributed by atoms with E-state index in [0.29, 0.717) is 12.5 Å². The highest BCUT2D eigenvalue weighted by molar-refractivity contribution is 6.30. The first-order chi connectivity index (χ1) is 13.0. The van der Waals surface area contributed by atoms with E-state index in [1.165, 1.54) is 0 Å². The maximum Gasteiger partial charge on any atom is 0.236 e. The molecule has 6 heteroatoms. The maximum absolute atomic E-state index is 12.7. The van der Waals surface area contributed by atoms with E-state index in [0.717, 1.165) is 42.6 Å². The molecule has 5 nitrogen and oxygen atoms in total. The average molecular weight is 387 g/mol. The molecule has 1 saturated heterocycles. The fourth-order valence-electron chi connectivity index (χ4n) is 3.44. The standard InChI is InChI=1S/C21H27ClN4O/c1-16(2)21(17-6-8-18(22)9-7-17)24-15-20(27)26-13-11-25(12-14-26)19-5-3-4-10-23-19/h3-10,16,21,24H,11-15H2,1-2H3/t21-/m0/s1. The van der Waals surface area contributed by atoms with Gasteiger partial charge in [-0.3, -0.25) is 4.79 Å². The molecular weight excluding hydrogens is 360 g/mol. The fraction of sp³-hybridized carbons (Fsp3) is 0.429. The summed E-state index contributed by atoms with van der Waals surface area (Å²) in [6, 6.07) is 13.9. The van der Waals surface area contributed by atoms with Gasteiger partial charge in [-0.25, -0.2) is 4.98 Å². The maximum atomic E-state index is 12.7. The largest absolute Gasteiger partial charge is 0.353 e. The topological polar surface area (TPSA) is 48.5 Å². The number of benzene rings is 1. The lowest BCUT2D eigenvalue weighted by molar-refractivity contribution is -0.130. The Bertz CT molecular complexity index is 728. The number of carbonyl (C=O) groups excluding carboxylic acids is 1. The first-order valence-electron chi connectivity index (χ1n) is 9.47. The van der Waals surface area contributed by atoms with Crippen LogP contribution < -0.4 is 10.2 Å². The Labute approximate surface area is 166 Å². The van der Waals surface area contributed by atoms with Gasteiger partial charge in [0.05, 0.1) is 6.54 Å². The van der Waals surface area contributed by atoms with Crippen LogP contribution in [0, 0.1) is 5.92 Å². The third-order valence-corrected chi connectivity index (χ3v) is 5.23. The van der Waals surface area contributed by atoms with Crippen molar-refractivity contribution >= 4 is 23.3 Å². The van der Waals surface area contributed by atoms with E-state index in [4.69, 9.17) is 11.6 Å². The molecule has 144 valence electrons. The molecule has 1 amide bonds. The Morgan fingerprint density at radius 2 is 1.81 bits per heavy atom. The Morgan fingerprint density at radius 3 is 2.41 bits per heavy atom. The Hall–Kier alpha value is -2.11. The van der Waals surface area contributed by atoms with Gasteiger partial charge in [-0.05, 0) is 35.7 Å². The second-order valence-corrected chi connectivity index (χ2v) is 7.65. The van der Waals surface area contributed by atoms with Crippen LogP contribution in [0.1, 0.15) is 25.5 Å². The molecule has 0 spiro atoms. The summed E-state index contributed by atoms with van der Waals surface area (Å²) in [5, 5.41) is 4.16. The number of piperazine rings is 1. The van der Waals surface area contributed by atoms with Crippen LogP contribution >= 0.6 is 11.6 Å². The van der Waals surface area contributed by atoms with Gasteiger partial charge in [-0.15, -0.1) is 0 Å². The van der Waals surface area contributed by atoms with Gasteiger partial charge in [0, 0.05) is 43.4 Å². The minimum atomic E-state index is 0.126. The van der Waals surface area contributed by atoms with Crippen LogP contribution in [-0.4, -0.2) is 48.5 Å². The molecule has 0 aliphatic carbocycles. The zero-order chi connectivity index (χ0) is 19.2. The number of nitrogens with one attached hydrogen (secondary N) is 1. The molecule has 3 rings (SSSR count). The fourth-order valence-corrected chi connectivity index (χ4v) is 3.57. The molecule has 1 aromatic heterocycles. The van der Waals surface area contributed by atoms with Gasteiger partial charge in [-0.1, -0.05) is 43.6 Å². The second-order valence-electron chi connectivity index (χ2n) is 7.21. The highest BCUT2D eigenvalue weighted by atomic mass is 35.5. The molecule has 1 aliphatic heterocycles. The van der Waals surface area contributed by atoms with Crippen molar-refractivity contribution in [3.63, 3.8) is 0 Å². The molecule has 0 radical (unpaired) electrons. The zero-order valence-corrected chi connectivity index (χ0v) is 16.7. The number of carbonyl (C=O) groups is 1. The smallest absolute Gasteiger partial charge is 0.236 e. The number of hydrogen-bond donors (Lipinski definition) is 1. The minimum absolute atomic E-state index is 0.126. The van der Waals surface area contributed by atoms with Gasteiger partial charge >= 0.3 is 0 Å². The lowest BCUT2D eigenvalue weighted by atomic mass is 9.96. The van der Waals surface area contributed by atoms with Crippen LogP contribution in [0.4, 0.5) is 5.82 Å². The molecule has 1 aromatic carbocycles. The third kappa shape index (κ3) is 5.21. The highest BCUT2D eigenvalue weighted by Gasteiger charge is 2.23. The van der Waals surface area contributed by atoms with Crippen molar-refractivity contribution < 1.29 is 4.79 Å². The summed E-state index contributed by atoms with van der Waals surface area (Å²) in [5.74, 6) is 1.50. The van der Waals surface area contributed by atoms with Crippen LogP contribution in [0.5, 0.6) is 0 Å². The molecule has 1 N–H and O–H groups in total. The number of pyridine rings is 1. The molecule has 0 unspecified atom stereocenters. The normalized spacial score (nSPS) is 15.9. The van der Waals surface area contributed by atoms with Gasteiger partial charge in [0.2, 0.25) is 5.91 Å². The summed E-state index contributed by atoms with van der Waals surface area (Å²) in [6.45, 7) is 7.73. The Balaban J connectivity index is 1.52. The summed E-state index contributed by atoms with van der Waals surface area (Å²) in [7, 11) is 0. The first kappa shape index (κ1) is 19.6. The molecule has 0 bridgehead atoms. The third-order valence-electron chi connectivity index (χ3n) is 4.97. The van der Waals surface area contributed by atoms with Gasteiger partial charge in [0.1, 0.15) is 5.82 Å². The number of nitrogens with zero attached hydrogens (tertiary/aromatic N) is 3. The molecule has 1 fully saturated rings. The SMILES string of the molecule is CC(C)[C@H](NCC(=O)N1CCN(c2ccccn2)CC1)c1ccc(Cl)cc1. The molecular formula is C21H27ClN4O. The quantitative estimate of drug-likeness (QED) is 0.826. The summed E-state index contributed by atoms with van der Waals surface area (Å²) in [6.07, 6.45) is 1.81. The molecule has 1 atom stereocenters. The molecule has 2 heterocycles. The summed E-state index contributed by atoms with van der Waals surface area (Å²) in [5.41, 5.74) is 1.15. The predicted octanol–water partition coefficient (Wildman–Crippen LogP) is 3.37. The van der Waals surface area contributed by atoms with Crippen molar-refractivity contribution in [2.75, 3.05) is 37.6 Å². The van der Waals surface area contributed by atoms with E-state index in [9.17, 15) is 4.79 Å². The van der Waals surface area contributed by atoms with Crippen molar-refractivity contribution in [2.45, 2.75) is 19.9 Å². The number of rotatable bonds is 6. The summed E-state index contributed by atoms with van der Waals surface area (Å²) >= 11 is 5.99. The Morgan fingerprint density at radius 1 is 1.11 bits per heavy atom. The van der Waals surface area contributed by atoms with Crippen molar-refractivity contribution in [1.82, 2.24) is 15.2 Å². The molecule has 1 aliphatic rings. The molecule has 27 heavy (non-hydrogen) atoms. The monoisotopic (exact) mass is 386 g/mol. The Kier molecular flexibility index (Phi) is 6.69. The average Bonchev–Trinajstić information content (AvgIpc) is 2.70. The lowest BCUT2D eigenvalue weighted by Crippen LogP contribution is -2.51. The number of halogens is 1. The molecule has 0 saturated carbocycles. The van der Waals surface area contributed by atoms with Crippen LogP contribution in [0.25, 0.3) is 0 Å².